The fraction of sp³-hybridized carbons (Fsp3) is 0.538. The van der Waals surface area contributed by atoms with Crippen LogP contribution in [0.25, 0.3) is 0 Å². The highest BCUT2D eigenvalue weighted by atomic mass is 32.2. The Kier molecular flexibility index (Phi) is 5.20. The van der Waals surface area contributed by atoms with Crippen LogP contribution in [0.1, 0.15) is 36.5 Å². The SMILES string of the molecule is CCOC(=O)C1CCCCN1C(=O)c1csc(S(N)(=O)=O)c1. The fourth-order valence-electron chi connectivity index (χ4n) is 2.40. The molecule has 2 rings (SSSR count). The van der Waals surface area contributed by atoms with E-state index in [1.807, 2.05) is 0 Å². The molecule has 1 fully saturated rings. The van der Waals surface area contributed by atoms with E-state index < -0.39 is 22.0 Å². The number of hydrogen-bond donors (Lipinski definition) is 1. The predicted octanol–water partition coefficient (Wildman–Crippen LogP) is 0.953. The summed E-state index contributed by atoms with van der Waals surface area (Å²) in [4.78, 5) is 26.0. The normalized spacial score (nSPS) is 19.0. The lowest BCUT2D eigenvalue weighted by Gasteiger charge is -2.33. The highest BCUT2D eigenvalue weighted by Gasteiger charge is 2.34. The van der Waals surface area contributed by atoms with Crippen molar-refractivity contribution in [3.8, 4) is 0 Å². The van der Waals surface area contributed by atoms with Crippen LogP contribution < -0.4 is 5.14 Å². The van der Waals surface area contributed by atoms with Gasteiger partial charge in [-0.2, -0.15) is 0 Å². The van der Waals surface area contributed by atoms with Gasteiger partial charge < -0.3 is 9.64 Å². The fourth-order valence-corrected chi connectivity index (χ4v) is 3.98. The number of carbonyl (C=O) groups excluding carboxylic acids is 2. The van der Waals surface area contributed by atoms with Crippen LogP contribution in [0, 0.1) is 0 Å². The summed E-state index contributed by atoms with van der Waals surface area (Å²) in [5.41, 5.74) is 0.227. The number of rotatable bonds is 4. The molecule has 1 aromatic rings. The number of nitrogens with zero attached hydrogens (tertiary/aromatic N) is 1. The second-order valence-corrected chi connectivity index (χ2v) is 7.66. The lowest BCUT2D eigenvalue weighted by Crippen LogP contribution is -2.48. The van der Waals surface area contributed by atoms with E-state index in [4.69, 9.17) is 9.88 Å². The maximum absolute atomic E-state index is 12.5. The average Bonchev–Trinajstić information content (AvgIpc) is 2.96. The van der Waals surface area contributed by atoms with Crippen LogP contribution in [0.5, 0.6) is 0 Å². The van der Waals surface area contributed by atoms with Crippen molar-refractivity contribution in [3.63, 3.8) is 0 Å². The van der Waals surface area contributed by atoms with E-state index >= 15 is 0 Å². The van der Waals surface area contributed by atoms with Gasteiger partial charge in [-0.3, -0.25) is 4.79 Å². The van der Waals surface area contributed by atoms with Gasteiger partial charge in [0, 0.05) is 11.9 Å². The van der Waals surface area contributed by atoms with Crippen LogP contribution in [0.2, 0.25) is 0 Å². The summed E-state index contributed by atoms with van der Waals surface area (Å²) in [5.74, 6) is -0.790. The molecule has 1 aromatic heterocycles. The molecule has 1 aliphatic rings. The van der Waals surface area contributed by atoms with Gasteiger partial charge in [-0.25, -0.2) is 18.4 Å². The van der Waals surface area contributed by atoms with Gasteiger partial charge in [0.1, 0.15) is 10.3 Å². The summed E-state index contributed by atoms with van der Waals surface area (Å²) in [6.07, 6.45) is 2.20. The van der Waals surface area contributed by atoms with Gasteiger partial charge in [0.05, 0.1) is 12.2 Å². The number of sulfonamides is 1. The van der Waals surface area contributed by atoms with Crippen LogP contribution in [0.3, 0.4) is 0 Å². The van der Waals surface area contributed by atoms with E-state index in [1.54, 1.807) is 6.92 Å². The van der Waals surface area contributed by atoms with Gasteiger partial charge in [-0.15, -0.1) is 11.3 Å². The summed E-state index contributed by atoms with van der Waals surface area (Å²) in [5, 5.41) is 6.49. The standard InChI is InChI=1S/C13H18N2O5S2/c1-2-20-13(17)10-5-3-4-6-15(10)12(16)9-7-11(21-8-9)22(14,18)19/h7-8,10H,2-6H2,1H3,(H2,14,18,19). The number of nitrogens with two attached hydrogens (primary N) is 1. The van der Waals surface area contributed by atoms with Gasteiger partial charge in [-0.05, 0) is 32.3 Å². The van der Waals surface area contributed by atoms with Crippen molar-refractivity contribution in [1.82, 2.24) is 4.90 Å². The molecule has 0 spiro atoms. The summed E-state index contributed by atoms with van der Waals surface area (Å²) in [6.45, 7) is 2.42. The van der Waals surface area contributed by atoms with Crippen LogP contribution >= 0.6 is 11.3 Å². The largest absolute Gasteiger partial charge is 0.464 e. The van der Waals surface area contributed by atoms with Gasteiger partial charge >= 0.3 is 5.97 Å². The molecule has 122 valence electrons. The summed E-state index contributed by atoms with van der Waals surface area (Å²) >= 11 is 0.892. The molecule has 2 heterocycles. The van der Waals surface area contributed by atoms with Crippen LogP contribution in [0.15, 0.2) is 15.7 Å². The third-order valence-corrected chi connectivity index (χ3v) is 5.81. The van der Waals surface area contributed by atoms with E-state index in [0.29, 0.717) is 13.0 Å². The quantitative estimate of drug-likeness (QED) is 0.817. The molecule has 7 nitrogen and oxygen atoms in total. The van der Waals surface area contributed by atoms with Crippen LogP contribution in [0.4, 0.5) is 0 Å². The first-order valence-corrected chi connectivity index (χ1v) is 9.36. The van der Waals surface area contributed by atoms with Crippen LogP contribution in [-0.2, 0) is 19.6 Å². The zero-order valence-electron chi connectivity index (χ0n) is 12.1. The van der Waals surface area contributed by atoms with Crippen molar-refractivity contribution in [2.45, 2.75) is 36.4 Å². The summed E-state index contributed by atoms with van der Waals surface area (Å²) in [7, 11) is -3.83. The van der Waals surface area contributed by atoms with Crippen molar-refractivity contribution in [2.75, 3.05) is 13.2 Å². The molecule has 0 saturated carbocycles. The Morgan fingerprint density at radius 1 is 1.45 bits per heavy atom. The van der Waals surface area contributed by atoms with E-state index in [0.717, 1.165) is 24.2 Å². The topological polar surface area (TPSA) is 107 Å². The van der Waals surface area contributed by atoms with Crippen molar-refractivity contribution in [1.29, 1.82) is 0 Å². The lowest BCUT2D eigenvalue weighted by atomic mass is 10.0. The number of primary sulfonamides is 1. The second-order valence-electron chi connectivity index (χ2n) is 4.96. The first kappa shape index (κ1) is 16.9. The zero-order valence-corrected chi connectivity index (χ0v) is 13.8. The first-order valence-electron chi connectivity index (χ1n) is 6.93. The highest BCUT2D eigenvalue weighted by Crippen LogP contribution is 2.24. The number of amides is 1. The van der Waals surface area contributed by atoms with E-state index in [9.17, 15) is 18.0 Å². The number of hydrogen-bond acceptors (Lipinski definition) is 6. The number of esters is 1. The monoisotopic (exact) mass is 346 g/mol. The number of piperidine rings is 1. The minimum atomic E-state index is -3.83. The third-order valence-electron chi connectivity index (χ3n) is 3.43. The van der Waals surface area contributed by atoms with E-state index in [-0.39, 0.29) is 22.3 Å². The van der Waals surface area contributed by atoms with Gasteiger partial charge in [0.25, 0.3) is 5.91 Å². The lowest BCUT2D eigenvalue weighted by molar-refractivity contribution is -0.149. The second kappa shape index (κ2) is 6.76. The Balaban J connectivity index is 2.22. The molecule has 22 heavy (non-hydrogen) atoms. The summed E-state index contributed by atoms with van der Waals surface area (Å²) in [6, 6.07) is 0.637. The average molecular weight is 346 g/mol. The van der Waals surface area contributed by atoms with Crippen molar-refractivity contribution < 1.29 is 22.7 Å². The van der Waals surface area contributed by atoms with Crippen LogP contribution in [-0.4, -0.2) is 44.4 Å². The summed E-state index contributed by atoms with van der Waals surface area (Å²) < 4.78 is 27.5. The number of thiophene rings is 1. The Morgan fingerprint density at radius 3 is 2.77 bits per heavy atom. The molecule has 2 N–H and O–H groups in total. The van der Waals surface area contributed by atoms with Crippen molar-refractivity contribution >= 4 is 33.2 Å². The Hall–Kier alpha value is -1.45. The molecular weight excluding hydrogens is 328 g/mol. The number of ether oxygens (including phenoxy) is 1. The highest BCUT2D eigenvalue weighted by molar-refractivity contribution is 7.91. The molecule has 1 amide bonds. The predicted molar refractivity (Wildman–Crippen MR) is 81.0 cm³/mol. The molecule has 1 saturated heterocycles. The Bertz CT molecular complexity index is 668. The van der Waals surface area contributed by atoms with E-state index in [1.165, 1.54) is 16.3 Å². The smallest absolute Gasteiger partial charge is 0.328 e. The first-order chi connectivity index (χ1) is 10.3. The molecule has 1 atom stereocenters. The van der Waals surface area contributed by atoms with Crippen molar-refractivity contribution in [2.24, 2.45) is 5.14 Å². The molecule has 0 bridgehead atoms. The number of carbonyl (C=O) groups is 2. The minimum Gasteiger partial charge on any atom is -0.464 e. The van der Waals surface area contributed by atoms with Gasteiger partial charge in [-0.1, -0.05) is 0 Å². The molecule has 1 aliphatic heterocycles. The molecular formula is C13H18N2O5S2. The van der Waals surface area contributed by atoms with Gasteiger partial charge in [0.15, 0.2) is 0 Å². The molecule has 0 radical (unpaired) electrons. The maximum atomic E-state index is 12.5. The van der Waals surface area contributed by atoms with Crippen molar-refractivity contribution in [3.05, 3.63) is 17.0 Å². The molecule has 0 aliphatic carbocycles. The molecule has 9 heteroatoms. The molecule has 0 aromatic carbocycles. The van der Waals surface area contributed by atoms with E-state index in [2.05, 4.69) is 0 Å². The maximum Gasteiger partial charge on any atom is 0.328 e. The third kappa shape index (κ3) is 3.65. The zero-order chi connectivity index (χ0) is 16.3. The Labute approximate surface area is 133 Å². The molecule has 1 unspecified atom stereocenters. The Morgan fingerprint density at radius 2 is 2.18 bits per heavy atom. The minimum absolute atomic E-state index is 0.0689. The van der Waals surface area contributed by atoms with Gasteiger partial charge in [0.2, 0.25) is 10.0 Å². The number of likely N-dealkylation sites (tertiary alicyclic amines) is 1.